The van der Waals surface area contributed by atoms with Gasteiger partial charge in [-0.1, -0.05) is 10.3 Å². The quantitative estimate of drug-likeness (QED) is 0.574. The molecule has 0 bridgehead atoms. The van der Waals surface area contributed by atoms with Crippen LogP contribution in [0.5, 0.6) is 0 Å². The molecule has 0 aliphatic carbocycles. The van der Waals surface area contributed by atoms with E-state index in [0.717, 1.165) is 21.2 Å². The van der Waals surface area contributed by atoms with Crippen molar-refractivity contribution in [1.29, 1.82) is 0 Å². The Hall–Kier alpha value is -1.09. The van der Waals surface area contributed by atoms with Gasteiger partial charge < -0.3 is 10.4 Å². The molecule has 1 heterocycles. The van der Waals surface area contributed by atoms with Gasteiger partial charge in [-0.3, -0.25) is 4.79 Å². The molecule has 1 aromatic heterocycles. The Balaban J connectivity index is 3.01. The van der Waals surface area contributed by atoms with Crippen LogP contribution in [0.1, 0.15) is 9.67 Å². The number of anilines is 1. The molecule has 4 nitrogen and oxygen atoms in total. The Morgan fingerprint density at radius 2 is 2.29 bits per heavy atom. The van der Waals surface area contributed by atoms with Gasteiger partial charge in [0.2, 0.25) is 5.91 Å². The Morgan fingerprint density at radius 1 is 1.64 bits per heavy atom. The van der Waals surface area contributed by atoms with Gasteiger partial charge in [-0.05, 0) is 12.1 Å². The standard InChI is InChI=1S/C8H6NO3S.Al/c1-2-6(10)9-5-3-4-13-7(5)8(11)12;/h2-3H,1H2,(H,9,10)(H,11,12);. The Labute approximate surface area is 92.7 Å². The average Bonchev–Trinajstić information content (AvgIpc) is 2.46. The highest BCUT2D eigenvalue weighted by Crippen LogP contribution is 2.19. The maximum absolute atomic E-state index is 10.9. The topological polar surface area (TPSA) is 66.4 Å². The van der Waals surface area contributed by atoms with Gasteiger partial charge in [-0.25, -0.2) is 4.79 Å². The van der Waals surface area contributed by atoms with Crippen molar-refractivity contribution in [2.45, 2.75) is 0 Å². The van der Waals surface area contributed by atoms with Crippen molar-refractivity contribution in [2.75, 3.05) is 5.32 Å². The number of nitrogens with one attached hydrogen (secondary N) is 1. The van der Waals surface area contributed by atoms with E-state index in [9.17, 15) is 9.59 Å². The molecule has 1 amide bonds. The summed E-state index contributed by atoms with van der Waals surface area (Å²) in [5.74, 6) is -1.47. The van der Waals surface area contributed by atoms with E-state index >= 15 is 0 Å². The summed E-state index contributed by atoms with van der Waals surface area (Å²) in [6.45, 7) is 3.28. The Kier molecular flexibility index (Phi) is 3.47. The van der Waals surface area contributed by atoms with Crippen molar-refractivity contribution in [2.24, 2.45) is 0 Å². The molecule has 0 aliphatic heterocycles. The smallest absolute Gasteiger partial charge is 0.347 e. The predicted octanol–water partition coefficient (Wildman–Crippen LogP) is 0.365. The lowest BCUT2D eigenvalue weighted by Gasteiger charge is -1.99. The molecule has 0 unspecified atom stereocenters. The first-order valence-electron chi connectivity index (χ1n) is 3.60. The van der Waals surface area contributed by atoms with E-state index in [0.29, 0.717) is 5.69 Å². The van der Waals surface area contributed by atoms with Crippen LogP contribution >= 0.6 is 11.3 Å². The first-order chi connectivity index (χ1) is 6.54. The number of carbonyl (C=O) groups is 2. The van der Waals surface area contributed by atoms with Crippen molar-refractivity contribution in [3.63, 3.8) is 0 Å². The molecule has 0 saturated heterocycles. The number of amides is 1. The highest BCUT2D eigenvalue weighted by molar-refractivity contribution is 7.22. The van der Waals surface area contributed by atoms with Crippen molar-refractivity contribution in [3.05, 3.63) is 23.6 Å². The van der Waals surface area contributed by atoms with Crippen molar-refractivity contribution in [3.8, 4) is 0 Å². The number of carbonyl (C=O) groups excluding carboxylic acids is 1. The van der Waals surface area contributed by atoms with Crippen LogP contribution in [-0.4, -0.2) is 33.3 Å². The lowest BCUT2D eigenvalue weighted by atomic mass is 10.4. The van der Waals surface area contributed by atoms with Crippen molar-refractivity contribution in [1.82, 2.24) is 0 Å². The molecule has 1 rings (SSSR count). The summed E-state index contributed by atoms with van der Waals surface area (Å²) in [7, 11) is 0. The van der Waals surface area contributed by atoms with E-state index < -0.39 is 11.9 Å². The summed E-state index contributed by atoms with van der Waals surface area (Å²) in [4.78, 5) is 21.8. The fraction of sp³-hybridized carbons (Fsp3) is 0. The molecular weight excluding hydrogens is 217 g/mol. The van der Waals surface area contributed by atoms with Gasteiger partial charge in [0, 0.05) is 0 Å². The van der Waals surface area contributed by atoms with Crippen LogP contribution in [0.4, 0.5) is 5.69 Å². The van der Waals surface area contributed by atoms with Gasteiger partial charge in [0.25, 0.3) is 0 Å². The first-order valence-corrected chi connectivity index (χ1v) is 5.00. The zero-order chi connectivity index (χ0) is 10.7. The van der Waals surface area contributed by atoms with Crippen LogP contribution in [0.3, 0.4) is 0 Å². The van der Waals surface area contributed by atoms with Crippen LogP contribution < -0.4 is 9.06 Å². The van der Waals surface area contributed by atoms with Crippen LogP contribution in [-0.2, 0) is 4.79 Å². The molecule has 70 valence electrons. The third-order valence-corrected chi connectivity index (χ3v) is 2.86. The minimum absolute atomic E-state index is 0.116. The molecule has 14 heavy (non-hydrogen) atoms. The van der Waals surface area contributed by atoms with Gasteiger partial charge in [0.05, 0.1) is 5.69 Å². The van der Waals surface area contributed by atoms with E-state index in [-0.39, 0.29) is 4.88 Å². The maximum atomic E-state index is 10.9. The molecule has 6 heteroatoms. The summed E-state index contributed by atoms with van der Waals surface area (Å²) >= 11 is 3.47. The average molecular weight is 223 g/mol. The van der Waals surface area contributed by atoms with Crippen molar-refractivity contribution >= 4 is 48.9 Å². The number of thiophene rings is 1. The summed E-state index contributed by atoms with van der Waals surface area (Å²) in [6.07, 6.45) is 1.09. The van der Waals surface area contributed by atoms with Crippen molar-refractivity contribution < 1.29 is 14.7 Å². The van der Waals surface area contributed by atoms with Crippen LogP contribution in [0.15, 0.2) is 18.7 Å². The zero-order valence-corrected chi connectivity index (χ0v) is 9.08. The lowest BCUT2D eigenvalue weighted by Crippen LogP contribution is -2.09. The number of aromatic carboxylic acids is 1. The SMILES string of the molecule is C=CC(=O)Nc1c[c]([Al])sc1C(=O)O. The fourth-order valence-corrected chi connectivity index (χ4v) is 2.09. The second-order valence-corrected chi connectivity index (χ2v) is 4.51. The van der Waals surface area contributed by atoms with Crippen LogP contribution in [0, 0.1) is 0 Å². The van der Waals surface area contributed by atoms with E-state index in [1.807, 2.05) is 0 Å². The lowest BCUT2D eigenvalue weighted by molar-refractivity contribution is -0.111. The molecule has 0 aliphatic rings. The largest absolute Gasteiger partial charge is 0.477 e. The van der Waals surface area contributed by atoms with Gasteiger partial charge in [0.15, 0.2) is 16.3 Å². The molecule has 0 saturated carbocycles. The molecule has 0 fully saturated rings. The van der Waals surface area contributed by atoms with E-state index in [2.05, 4.69) is 28.2 Å². The van der Waals surface area contributed by atoms with E-state index in [1.54, 1.807) is 6.07 Å². The molecule has 0 aromatic carbocycles. The third kappa shape index (κ3) is 2.45. The number of hydrogen-bond acceptors (Lipinski definition) is 3. The van der Waals surface area contributed by atoms with Gasteiger partial charge in [-0.15, -0.1) is 0 Å². The summed E-state index contributed by atoms with van der Waals surface area (Å²) < 4.78 is 0.752. The van der Waals surface area contributed by atoms with Gasteiger partial charge in [0.1, 0.15) is 4.88 Å². The Bertz CT molecular complexity index is 399. The highest BCUT2D eigenvalue weighted by Gasteiger charge is 2.13. The number of carboxylic acid groups (broad SMARTS) is 1. The summed E-state index contributed by atoms with van der Waals surface area (Å²) in [5.41, 5.74) is 0.303. The Morgan fingerprint density at radius 3 is 2.79 bits per heavy atom. The van der Waals surface area contributed by atoms with Crippen LogP contribution in [0.25, 0.3) is 0 Å². The number of carboxylic acids is 1. The predicted molar refractivity (Wildman–Crippen MR) is 55.5 cm³/mol. The molecule has 0 spiro atoms. The summed E-state index contributed by atoms with van der Waals surface area (Å²) in [5, 5.41) is 11.2. The number of rotatable bonds is 3. The van der Waals surface area contributed by atoms with E-state index in [4.69, 9.17) is 5.11 Å². The second-order valence-electron chi connectivity index (χ2n) is 2.39. The normalized spacial score (nSPS) is 9.43. The molecule has 1 aromatic rings. The maximum Gasteiger partial charge on any atom is 0.347 e. The minimum atomic E-state index is -1.05. The fourth-order valence-electron chi connectivity index (χ4n) is 0.846. The highest BCUT2D eigenvalue weighted by atomic mass is 32.1. The van der Waals surface area contributed by atoms with E-state index in [1.165, 1.54) is 0 Å². The zero-order valence-electron chi connectivity index (χ0n) is 7.11. The molecule has 2 N–H and O–H groups in total. The molecular formula is C8H6AlNO3S. The monoisotopic (exact) mass is 223 g/mol. The third-order valence-electron chi connectivity index (χ3n) is 1.39. The van der Waals surface area contributed by atoms with Gasteiger partial charge in [-0.2, -0.15) is 11.3 Å². The second kappa shape index (κ2) is 4.42. The van der Waals surface area contributed by atoms with Gasteiger partial charge >= 0.3 is 5.97 Å². The minimum Gasteiger partial charge on any atom is -0.477 e. The molecule has 0 atom stereocenters. The molecule has 2 radical (unpaired) electrons. The number of hydrogen-bond donors (Lipinski definition) is 2. The first kappa shape index (κ1) is 11.0. The van der Waals surface area contributed by atoms with Crippen LogP contribution in [0.2, 0.25) is 0 Å². The summed E-state index contributed by atoms with van der Waals surface area (Å²) in [6, 6.07) is 1.58.